The third-order valence-electron chi connectivity index (χ3n) is 3.15. The second-order valence-electron chi connectivity index (χ2n) is 4.41. The van der Waals surface area contributed by atoms with Gasteiger partial charge in [-0.3, -0.25) is 4.79 Å². The van der Waals surface area contributed by atoms with E-state index in [4.69, 9.17) is 10.1 Å². The Morgan fingerprint density at radius 2 is 2.33 bits per heavy atom. The molecule has 1 atom stereocenters. The monoisotopic (exact) mass is 243 g/mol. The summed E-state index contributed by atoms with van der Waals surface area (Å²) in [4.78, 5) is 18.9. The smallest absolute Gasteiger partial charge is 0.314 e. The van der Waals surface area contributed by atoms with Crippen LogP contribution < -0.4 is 0 Å². The molecule has 0 radical (unpaired) electrons. The molecule has 2 aromatic rings. The molecule has 2 N–H and O–H groups in total. The van der Waals surface area contributed by atoms with E-state index >= 15 is 0 Å². The number of carbonyl (C=O) groups is 1. The lowest BCUT2D eigenvalue weighted by atomic mass is 9.99. The van der Waals surface area contributed by atoms with Crippen molar-refractivity contribution in [3.63, 3.8) is 0 Å². The SMILES string of the molecule is N=C(Cc1nc2ccccc2[nH]1)C1CCOC1=O. The van der Waals surface area contributed by atoms with Gasteiger partial charge in [-0.25, -0.2) is 4.98 Å². The molecule has 0 saturated carbocycles. The van der Waals surface area contributed by atoms with E-state index in [-0.39, 0.29) is 5.97 Å². The average molecular weight is 243 g/mol. The first-order chi connectivity index (χ1) is 8.74. The highest BCUT2D eigenvalue weighted by Gasteiger charge is 2.30. The molecule has 1 saturated heterocycles. The zero-order chi connectivity index (χ0) is 12.5. The number of hydrogen-bond donors (Lipinski definition) is 2. The van der Waals surface area contributed by atoms with Crippen LogP contribution >= 0.6 is 0 Å². The second kappa shape index (κ2) is 4.25. The van der Waals surface area contributed by atoms with Crippen molar-refractivity contribution < 1.29 is 9.53 Å². The number of nitrogens with one attached hydrogen (secondary N) is 2. The molecule has 1 aromatic heterocycles. The summed E-state index contributed by atoms with van der Waals surface area (Å²) in [6.07, 6.45) is 0.979. The van der Waals surface area contributed by atoms with Gasteiger partial charge in [-0.15, -0.1) is 0 Å². The first kappa shape index (κ1) is 11.0. The first-order valence-corrected chi connectivity index (χ1v) is 5.91. The van der Waals surface area contributed by atoms with Crippen molar-refractivity contribution in [1.29, 1.82) is 5.41 Å². The molecule has 18 heavy (non-hydrogen) atoms. The maximum absolute atomic E-state index is 11.4. The van der Waals surface area contributed by atoms with Crippen molar-refractivity contribution in [1.82, 2.24) is 9.97 Å². The largest absolute Gasteiger partial charge is 0.465 e. The van der Waals surface area contributed by atoms with Crippen LogP contribution in [0.4, 0.5) is 0 Å². The van der Waals surface area contributed by atoms with Crippen LogP contribution in [0.15, 0.2) is 24.3 Å². The number of benzene rings is 1. The summed E-state index contributed by atoms with van der Waals surface area (Å²) in [7, 11) is 0. The van der Waals surface area contributed by atoms with Crippen molar-refractivity contribution in [2.75, 3.05) is 6.61 Å². The lowest BCUT2D eigenvalue weighted by molar-refractivity contribution is -0.139. The van der Waals surface area contributed by atoms with E-state index in [1.54, 1.807) is 0 Å². The summed E-state index contributed by atoms with van der Waals surface area (Å²) in [6, 6.07) is 7.72. The van der Waals surface area contributed by atoms with E-state index in [1.807, 2.05) is 24.3 Å². The van der Waals surface area contributed by atoms with Crippen molar-refractivity contribution in [2.45, 2.75) is 12.8 Å². The van der Waals surface area contributed by atoms with Gasteiger partial charge < -0.3 is 15.1 Å². The fourth-order valence-corrected chi connectivity index (χ4v) is 2.21. The van der Waals surface area contributed by atoms with Crippen LogP contribution in [0.3, 0.4) is 0 Å². The summed E-state index contributed by atoms with van der Waals surface area (Å²) in [5.41, 5.74) is 2.21. The second-order valence-corrected chi connectivity index (χ2v) is 4.41. The lowest BCUT2D eigenvalue weighted by Crippen LogP contribution is -2.20. The van der Waals surface area contributed by atoms with Gasteiger partial charge in [0.25, 0.3) is 0 Å². The number of imidazole rings is 1. The van der Waals surface area contributed by atoms with Crippen molar-refractivity contribution in [3.05, 3.63) is 30.1 Å². The molecule has 5 heteroatoms. The van der Waals surface area contributed by atoms with E-state index in [0.29, 0.717) is 25.2 Å². The molecule has 1 aliphatic heterocycles. The number of para-hydroxylation sites is 2. The lowest BCUT2D eigenvalue weighted by Gasteiger charge is -2.05. The van der Waals surface area contributed by atoms with E-state index in [1.165, 1.54) is 0 Å². The predicted octanol–water partition coefficient (Wildman–Crippen LogP) is 1.69. The molecular weight excluding hydrogens is 230 g/mol. The van der Waals surface area contributed by atoms with Gasteiger partial charge in [0.2, 0.25) is 0 Å². The minimum absolute atomic E-state index is 0.281. The van der Waals surface area contributed by atoms with Crippen LogP contribution in [-0.2, 0) is 16.0 Å². The number of cyclic esters (lactones) is 1. The van der Waals surface area contributed by atoms with Crippen LogP contribution in [0.25, 0.3) is 11.0 Å². The molecule has 1 fully saturated rings. The summed E-state index contributed by atoms with van der Waals surface area (Å²) in [6.45, 7) is 0.423. The topological polar surface area (TPSA) is 78.8 Å². The quantitative estimate of drug-likeness (QED) is 0.636. The van der Waals surface area contributed by atoms with Gasteiger partial charge in [0, 0.05) is 18.6 Å². The summed E-state index contributed by atoms with van der Waals surface area (Å²) in [5, 5.41) is 7.97. The maximum Gasteiger partial charge on any atom is 0.314 e. The number of carbonyl (C=O) groups excluding carboxylic acids is 1. The predicted molar refractivity (Wildman–Crippen MR) is 66.6 cm³/mol. The Morgan fingerprint density at radius 1 is 1.50 bits per heavy atom. The van der Waals surface area contributed by atoms with E-state index in [2.05, 4.69) is 9.97 Å². The van der Waals surface area contributed by atoms with Crippen LogP contribution in [0, 0.1) is 11.3 Å². The molecule has 0 amide bonds. The molecule has 2 heterocycles. The molecular formula is C13H13N3O2. The highest BCUT2D eigenvalue weighted by atomic mass is 16.5. The van der Waals surface area contributed by atoms with Crippen molar-refractivity contribution in [3.8, 4) is 0 Å². The molecule has 1 aliphatic rings. The third-order valence-corrected chi connectivity index (χ3v) is 3.15. The third kappa shape index (κ3) is 1.88. The number of H-pyrrole nitrogens is 1. The minimum Gasteiger partial charge on any atom is -0.465 e. The maximum atomic E-state index is 11.4. The van der Waals surface area contributed by atoms with Gasteiger partial charge in [-0.05, 0) is 12.1 Å². The Kier molecular flexibility index (Phi) is 2.59. The number of fused-ring (bicyclic) bond motifs is 1. The molecule has 0 spiro atoms. The molecule has 3 rings (SSSR count). The normalized spacial score (nSPS) is 19.1. The van der Waals surface area contributed by atoms with E-state index in [9.17, 15) is 4.79 Å². The number of ether oxygens (including phenoxy) is 1. The van der Waals surface area contributed by atoms with Gasteiger partial charge >= 0.3 is 5.97 Å². The number of aromatic nitrogens is 2. The standard InChI is InChI=1S/C13H13N3O2/c14-9(8-5-6-18-13(8)17)7-12-15-10-3-1-2-4-11(10)16-12/h1-4,8,14H,5-7H2,(H,15,16). The molecule has 1 unspecified atom stereocenters. The number of hydrogen-bond acceptors (Lipinski definition) is 4. The van der Waals surface area contributed by atoms with Crippen LogP contribution in [0.2, 0.25) is 0 Å². The zero-order valence-corrected chi connectivity index (χ0v) is 9.77. The average Bonchev–Trinajstić information content (AvgIpc) is 2.94. The summed E-state index contributed by atoms with van der Waals surface area (Å²) in [5.74, 6) is 0.0511. The number of rotatable bonds is 3. The molecule has 92 valence electrons. The summed E-state index contributed by atoms with van der Waals surface area (Å²) < 4.78 is 4.87. The number of nitrogens with zero attached hydrogens (tertiary/aromatic N) is 1. The number of aromatic amines is 1. The Hall–Kier alpha value is -2.17. The van der Waals surface area contributed by atoms with Gasteiger partial charge in [0.15, 0.2) is 0 Å². The van der Waals surface area contributed by atoms with Crippen LogP contribution in [0.5, 0.6) is 0 Å². The highest BCUT2D eigenvalue weighted by molar-refractivity contribution is 6.02. The Bertz CT molecular complexity index is 584. The fraction of sp³-hybridized carbons (Fsp3) is 0.308. The molecule has 1 aromatic carbocycles. The molecule has 0 bridgehead atoms. The Labute approximate surface area is 104 Å². The van der Waals surface area contributed by atoms with Crippen LogP contribution in [-0.4, -0.2) is 28.3 Å². The van der Waals surface area contributed by atoms with E-state index < -0.39 is 5.92 Å². The number of esters is 1. The Balaban J connectivity index is 1.79. The fourth-order valence-electron chi connectivity index (χ4n) is 2.21. The van der Waals surface area contributed by atoms with Crippen LogP contribution in [0.1, 0.15) is 12.2 Å². The van der Waals surface area contributed by atoms with E-state index in [0.717, 1.165) is 16.9 Å². The zero-order valence-electron chi connectivity index (χ0n) is 9.77. The molecule has 5 nitrogen and oxygen atoms in total. The summed E-state index contributed by atoms with van der Waals surface area (Å²) >= 11 is 0. The van der Waals surface area contributed by atoms with Gasteiger partial charge in [0.1, 0.15) is 5.82 Å². The van der Waals surface area contributed by atoms with Crippen molar-refractivity contribution in [2.24, 2.45) is 5.92 Å². The van der Waals surface area contributed by atoms with Gasteiger partial charge in [-0.2, -0.15) is 0 Å². The highest BCUT2D eigenvalue weighted by Crippen LogP contribution is 2.18. The minimum atomic E-state index is -0.391. The van der Waals surface area contributed by atoms with Gasteiger partial charge in [-0.1, -0.05) is 12.1 Å². The van der Waals surface area contributed by atoms with Crippen molar-refractivity contribution >= 4 is 22.7 Å². The first-order valence-electron chi connectivity index (χ1n) is 5.91. The van der Waals surface area contributed by atoms with Gasteiger partial charge in [0.05, 0.1) is 23.6 Å². The Morgan fingerprint density at radius 3 is 3.06 bits per heavy atom. The molecule has 0 aliphatic carbocycles.